The Labute approximate surface area is 62.6 Å². The molecule has 11 heavy (non-hydrogen) atoms. The highest BCUT2D eigenvalue weighted by Gasteiger charge is 2.44. The molecular weight excluding hydrogens is 152 g/mol. The van der Waals surface area contributed by atoms with Crippen molar-refractivity contribution >= 4 is 11.9 Å². The molecule has 0 bridgehead atoms. The second-order valence-corrected chi connectivity index (χ2v) is 2.49. The lowest BCUT2D eigenvalue weighted by atomic mass is 9.99. The van der Waals surface area contributed by atoms with Gasteiger partial charge in [0.1, 0.15) is 0 Å². The minimum Gasteiger partial charge on any atom is -0.481 e. The van der Waals surface area contributed by atoms with Crippen LogP contribution in [-0.2, 0) is 14.3 Å². The number of rotatable bonds is 2. The maximum absolute atomic E-state index is 10.7. The van der Waals surface area contributed by atoms with Crippen molar-refractivity contribution in [2.45, 2.75) is 18.4 Å². The number of ether oxygens (including phenoxy) is 1. The number of carbonyl (C=O) groups excluding carboxylic acids is 1. The maximum Gasteiger partial charge on any atom is 0.338 e. The van der Waals surface area contributed by atoms with E-state index in [1.807, 2.05) is 0 Å². The average Bonchev–Trinajstić information content (AvgIpc) is 2.11. The van der Waals surface area contributed by atoms with E-state index >= 15 is 0 Å². The van der Waals surface area contributed by atoms with Crippen molar-refractivity contribution < 1.29 is 24.5 Å². The molecule has 0 aromatic heterocycles. The monoisotopic (exact) mass is 160 g/mol. The van der Waals surface area contributed by atoms with Gasteiger partial charge in [-0.3, -0.25) is 4.79 Å². The minimum atomic E-state index is -1.79. The molecule has 1 atom stereocenters. The van der Waals surface area contributed by atoms with Gasteiger partial charge in [0.05, 0.1) is 13.0 Å². The van der Waals surface area contributed by atoms with E-state index in [1.54, 1.807) is 0 Å². The fourth-order valence-corrected chi connectivity index (χ4v) is 0.960. The summed E-state index contributed by atoms with van der Waals surface area (Å²) in [6.07, 6.45) is -0.510. The van der Waals surface area contributed by atoms with Gasteiger partial charge in [0.15, 0.2) is 5.60 Å². The average molecular weight is 160 g/mol. The van der Waals surface area contributed by atoms with Gasteiger partial charge < -0.3 is 14.9 Å². The second-order valence-electron chi connectivity index (χ2n) is 2.49. The Balaban J connectivity index is 2.65. The second kappa shape index (κ2) is 2.50. The van der Waals surface area contributed by atoms with E-state index in [9.17, 15) is 14.7 Å². The Morgan fingerprint density at radius 1 is 1.73 bits per heavy atom. The van der Waals surface area contributed by atoms with Gasteiger partial charge in [-0.1, -0.05) is 0 Å². The molecule has 1 saturated heterocycles. The van der Waals surface area contributed by atoms with Crippen LogP contribution in [0.25, 0.3) is 0 Å². The summed E-state index contributed by atoms with van der Waals surface area (Å²) in [5, 5.41) is 17.6. The third-order valence-electron chi connectivity index (χ3n) is 1.57. The van der Waals surface area contributed by atoms with Crippen molar-refractivity contribution in [3.8, 4) is 0 Å². The normalized spacial score (nSPS) is 30.1. The van der Waals surface area contributed by atoms with Gasteiger partial charge in [0.2, 0.25) is 0 Å². The first-order valence-electron chi connectivity index (χ1n) is 3.16. The van der Waals surface area contributed by atoms with Crippen LogP contribution in [-0.4, -0.2) is 34.4 Å². The molecule has 2 N–H and O–H groups in total. The maximum atomic E-state index is 10.7. The van der Waals surface area contributed by atoms with Crippen molar-refractivity contribution in [2.24, 2.45) is 0 Å². The summed E-state index contributed by atoms with van der Waals surface area (Å²) in [5.41, 5.74) is -1.79. The summed E-state index contributed by atoms with van der Waals surface area (Å²) in [6, 6.07) is 0. The Kier molecular flexibility index (Phi) is 1.82. The fraction of sp³-hybridized carbons (Fsp3) is 0.667. The Bertz CT molecular complexity index is 199. The van der Waals surface area contributed by atoms with Gasteiger partial charge in [-0.05, 0) is 0 Å². The molecular formula is C6H8O5. The molecule has 0 saturated carbocycles. The van der Waals surface area contributed by atoms with Crippen molar-refractivity contribution in [3.63, 3.8) is 0 Å². The summed E-state index contributed by atoms with van der Waals surface area (Å²) in [5.74, 6) is -2.04. The van der Waals surface area contributed by atoms with Gasteiger partial charge in [-0.2, -0.15) is 0 Å². The summed E-state index contributed by atoms with van der Waals surface area (Å²) in [4.78, 5) is 20.8. The van der Waals surface area contributed by atoms with Gasteiger partial charge in [0, 0.05) is 6.42 Å². The highest BCUT2D eigenvalue weighted by molar-refractivity contribution is 5.86. The predicted molar refractivity (Wildman–Crippen MR) is 32.8 cm³/mol. The van der Waals surface area contributed by atoms with Crippen LogP contribution in [0.15, 0.2) is 0 Å². The zero-order valence-corrected chi connectivity index (χ0v) is 5.74. The van der Waals surface area contributed by atoms with E-state index in [4.69, 9.17) is 5.11 Å². The molecule has 5 nitrogen and oxygen atoms in total. The van der Waals surface area contributed by atoms with Crippen molar-refractivity contribution in [3.05, 3.63) is 0 Å². The topological polar surface area (TPSA) is 83.8 Å². The zero-order valence-electron chi connectivity index (χ0n) is 5.74. The highest BCUT2D eigenvalue weighted by Crippen LogP contribution is 2.23. The molecule has 0 spiro atoms. The van der Waals surface area contributed by atoms with Crippen LogP contribution in [0, 0.1) is 0 Å². The Morgan fingerprint density at radius 3 is 2.73 bits per heavy atom. The first kappa shape index (κ1) is 8.00. The molecule has 0 amide bonds. The third-order valence-corrected chi connectivity index (χ3v) is 1.57. The van der Waals surface area contributed by atoms with E-state index in [2.05, 4.69) is 4.74 Å². The quantitative estimate of drug-likeness (QED) is 0.513. The smallest absolute Gasteiger partial charge is 0.338 e. The van der Waals surface area contributed by atoms with Gasteiger partial charge in [0.25, 0.3) is 0 Å². The molecule has 1 aliphatic heterocycles. The van der Waals surface area contributed by atoms with Crippen LogP contribution < -0.4 is 0 Å². The number of hydrogen-bond donors (Lipinski definition) is 2. The third kappa shape index (κ3) is 1.48. The highest BCUT2D eigenvalue weighted by atomic mass is 16.6. The molecule has 62 valence electrons. The summed E-state index contributed by atoms with van der Waals surface area (Å²) in [7, 11) is 0. The molecule has 5 heteroatoms. The summed E-state index contributed by atoms with van der Waals surface area (Å²) >= 11 is 0. The molecule has 1 heterocycles. The zero-order chi connectivity index (χ0) is 8.48. The van der Waals surface area contributed by atoms with Crippen LogP contribution in [0.1, 0.15) is 12.8 Å². The molecule has 0 aromatic carbocycles. The molecule has 1 aliphatic rings. The standard InChI is InChI=1S/C6H8O5/c7-4(8)3-6(10)1-2-11-5(6)9/h10H,1-3H2,(H,7,8). The Hall–Kier alpha value is -1.10. The largest absolute Gasteiger partial charge is 0.481 e. The number of aliphatic carboxylic acids is 1. The molecule has 0 radical (unpaired) electrons. The van der Waals surface area contributed by atoms with Crippen molar-refractivity contribution in [2.75, 3.05) is 6.61 Å². The van der Waals surface area contributed by atoms with Crippen LogP contribution in [0.5, 0.6) is 0 Å². The number of aliphatic hydroxyl groups is 1. The lowest BCUT2D eigenvalue weighted by Crippen LogP contribution is -2.36. The van der Waals surface area contributed by atoms with Gasteiger partial charge >= 0.3 is 11.9 Å². The first-order chi connectivity index (χ1) is 5.04. The van der Waals surface area contributed by atoms with Crippen LogP contribution in [0.4, 0.5) is 0 Å². The van der Waals surface area contributed by atoms with Crippen molar-refractivity contribution in [1.29, 1.82) is 0 Å². The molecule has 1 fully saturated rings. The van der Waals surface area contributed by atoms with E-state index < -0.39 is 24.0 Å². The molecule has 1 unspecified atom stereocenters. The SMILES string of the molecule is O=C(O)CC1(O)CCOC1=O. The molecule has 0 aliphatic carbocycles. The molecule has 0 aromatic rings. The predicted octanol–water partition coefficient (Wildman–Crippen LogP) is -0.861. The number of carbonyl (C=O) groups is 2. The van der Waals surface area contributed by atoms with Crippen LogP contribution in [0.3, 0.4) is 0 Å². The lowest BCUT2D eigenvalue weighted by molar-refractivity contribution is -0.159. The van der Waals surface area contributed by atoms with E-state index in [0.29, 0.717) is 0 Å². The Morgan fingerprint density at radius 2 is 2.36 bits per heavy atom. The van der Waals surface area contributed by atoms with Crippen molar-refractivity contribution in [1.82, 2.24) is 0 Å². The van der Waals surface area contributed by atoms with E-state index in [1.165, 1.54) is 0 Å². The van der Waals surface area contributed by atoms with E-state index in [-0.39, 0.29) is 13.0 Å². The summed E-state index contributed by atoms with van der Waals surface area (Å²) < 4.78 is 4.42. The number of esters is 1. The molecule has 1 rings (SSSR count). The number of cyclic esters (lactones) is 1. The van der Waals surface area contributed by atoms with Crippen LogP contribution >= 0.6 is 0 Å². The first-order valence-corrected chi connectivity index (χ1v) is 3.16. The number of carboxylic acid groups (broad SMARTS) is 1. The van der Waals surface area contributed by atoms with Gasteiger partial charge in [-0.15, -0.1) is 0 Å². The number of hydrogen-bond acceptors (Lipinski definition) is 4. The van der Waals surface area contributed by atoms with Gasteiger partial charge in [-0.25, -0.2) is 4.79 Å². The summed E-state index contributed by atoms with van der Waals surface area (Å²) in [6.45, 7) is 0.0998. The lowest BCUT2D eigenvalue weighted by Gasteiger charge is -2.13. The van der Waals surface area contributed by atoms with E-state index in [0.717, 1.165) is 0 Å². The van der Waals surface area contributed by atoms with Crippen LogP contribution in [0.2, 0.25) is 0 Å². The minimum absolute atomic E-state index is 0.0676. The number of carboxylic acids is 1. The fourth-order valence-electron chi connectivity index (χ4n) is 0.960.